The Balaban J connectivity index is 1.39. The Bertz CT molecular complexity index is 1100. The maximum absolute atomic E-state index is 12.8. The van der Waals surface area contributed by atoms with Crippen molar-refractivity contribution in [3.05, 3.63) is 59.2 Å². The molecule has 31 heavy (non-hydrogen) atoms. The first-order valence-electron chi connectivity index (χ1n) is 10.6. The van der Waals surface area contributed by atoms with Gasteiger partial charge < -0.3 is 9.80 Å². The van der Waals surface area contributed by atoms with E-state index in [1.54, 1.807) is 23.1 Å². The van der Waals surface area contributed by atoms with Gasteiger partial charge in [0.2, 0.25) is 21.8 Å². The zero-order valence-corrected chi connectivity index (χ0v) is 18.5. The van der Waals surface area contributed by atoms with Gasteiger partial charge in [-0.25, -0.2) is 13.1 Å². The number of nitrogens with one attached hydrogen (secondary N) is 1. The van der Waals surface area contributed by atoms with E-state index in [9.17, 15) is 18.0 Å². The van der Waals surface area contributed by atoms with Gasteiger partial charge in [0.1, 0.15) is 0 Å². The van der Waals surface area contributed by atoms with Crippen molar-refractivity contribution in [2.24, 2.45) is 0 Å². The molecule has 7 nitrogen and oxygen atoms in total. The fourth-order valence-electron chi connectivity index (χ4n) is 4.12. The van der Waals surface area contributed by atoms with Crippen LogP contribution in [0.1, 0.15) is 42.4 Å². The van der Waals surface area contributed by atoms with Crippen molar-refractivity contribution >= 4 is 27.5 Å². The third-order valence-electron chi connectivity index (χ3n) is 5.88. The third-order valence-corrected chi connectivity index (χ3v) is 7.28. The van der Waals surface area contributed by atoms with Crippen LogP contribution in [0.15, 0.2) is 47.4 Å². The van der Waals surface area contributed by atoms with E-state index in [4.69, 9.17) is 0 Å². The molecule has 2 aliphatic rings. The molecule has 0 saturated carbocycles. The first-order chi connectivity index (χ1) is 14.8. The van der Waals surface area contributed by atoms with E-state index in [2.05, 4.69) is 4.72 Å². The Hall–Kier alpha value is -2.71. The topological polar surface area (TPSA) is 86.8 Å². The first kappa shape index (κ1) is 21.5. The molecule has 2 saturated heterocycles. The molecule has 0 aromatic heterocycles. The summed E-state index contributed by atoms with van der Waals surface area (Å²) < 4.78 is 28.1. The minimum absolute atomic E-state index is 0.0781. The van der Waals surface area contributed by atoms with Gasteiger partial charge in [0.05, 0.1) is 4.90 Å². The molecule has 164 valence electrons. The molecule has 8 heteroatoms. The number of likely N-dealkylation sites (tertiary alicyclic amines) is 1. The average Bonchev–Trinajstić information content (AvgIpc) is 3.35. The van der Waals surface area contributed by atoms with E-state index in [0.29, 0.717) is 25.9 Å². The summed E-state index contributed by atoms with van der Waals surface area (Å²) in [6, 6.07) is 12.5. The molecule has 2 heterocycles. The lowest BCUT2D eigenvalue weighted by Crippen LogP contribution is -2.26. The van der Waals surface area contributed by atoms with Gasteiger partial charge >= 0.3 is 0 Å². The quantitative estimate of drug-likeness (QED) is 0.716. The number of anilines is 1. The molecule has 2 fully saturated rings. The molecule has 2 aromatic rings. The summed E-state index contributed by atoms with van der Waals surface area (Å²) in [4.78, 5) is 27.5. The Kier molecular flexibility index (Phi) is 6.11. The zero-order valence-electron chi connectivity index (χ0n) is 17.6. The lowest BCUT2D eigenvalue weighted by Gasteiger charge is -2.19. The number of rotatable bonds is 7. The predicted molar refractivity (Wildman–Crippen MR) is 118 cm³/mol. The summed E-state index contributed by atoms with van der Waals surface area (Å²) in [7, 11) is -3.68. The number of aryl methyl sites for hydroxylation is 1. The van der Waals surface area contributed by atoms with E-state index >= 15 is 0 Å². The summed E-state index contributed by atoms with van der Waals surface area (Å²) in [6.45, 7) is 4.06. The molecule has 4 rings (SSSR count). The molecule has 2 aromatic carbocycles. The highest BCUT2D eigenvalue weighted by Crippen LogP contribution is 2.27. The van der Waals surface area contributed by atoms with Crippen LogP contribution in [-0.4, -0.2) is 38.2 Å². The van der Waals surface area contributed by atoms with Crippen LogP contribution < -0.4 is 9.62 Å². The van der Waals surface area contributed by atoms with Crippen molar-refractivity contribution in [1.29, 1.82) is 0 Å². The van der Waals surface area contributed by atoms with Gasteiger partial charge in [-0.15, -0.1) is 0 Å². The molecule has 2 amide bonds. The van der Waals surface area contributed by atoms with Gasteiger partial charge in [-0.05, 0) is 54.7 Å². The minimum Gasteiger partial charge on any atom is -0.338 e. The second-order valence-corrected chi connectivity index (χ2v) is 9.92. The van der Waals surface area contributed by atoms with Crippen LogP contribution in [0.25, 0.3) is 0 Å². The van der Waals surface area contributed by atoms with Gasteiger partial charge in [0.15, 0.2) is 0 Å². The summed E-state index contributed by atoms with van der Waals surface area (Å²) in [5, 5.41) is 0. The minimum atomic E-state index is -3.68. The molecule has 2 aliphatic heterocycles. The van der Waals surface area contributed by atoms with Gasteiger partial charge in [-0.3, -0.25) is 9.59 Å². The highest BCUT2D eigenvalue weighted by Gasteiger charge is 2.24. The molecule has 0 bridgehead atoms. The molecular weight excluding hydrogens is 414 g/mol. The highest BCUT2D eigenvalue weighted by atomic mass is 32.2. The van der Waals surface area contributed by atoms with E-state index in [0.717, 1.165) is 41.8 Å². The van der Waals surface area contributed by atoms with Crippen molar-refractivity contribution in [3.8, 4) is 0 Å². The molecule has 0 unspecified atom stereocenters. The standard InChI is InChI=1S/C23H27N3O4S/c1-17-14-20(10-11-21(17)26-13-3-5-23(26)28)31(29,30)24-15-18-6-8-19(9-7-18)16-25-12-2-4-22(25)27/h6-11,14,24H,2-5,12-13,15-16H2,1H3. The van der Waals surface area contributed by atoms with Crippen LogP contribution in [0.4, 0.5) is 5.69 Å². The molecular formula is C23H27N3O4S. The zero-order chi connectivity index (χ0) is 22.0. The number of carbonyl (C=O) groups is 2. The number of sulfonamides is 1. The van der Waals surface area contributed by atoms with Crippen LogP contribution in [-0.2, 0) is 32.7 Å². The lowest BCUT2D eigenvalue weighted by atomic mass is 10.1. The molecule has 0 radical (unpaired) electrons. The average molecular weight is 442 g/mol. The SMILES string of the molecule is Cc1cc(S(=O)(=O)NCc2ccc(CN3CCCC3=O)cc2)ccc1N1CCCC1=O. The third kappa shape index (κ3) is 4.80. The number of benzene rings is 2. The van der Waals surface area contributed by atoms with Crippen molar-refractivity contribution in [2.45, 2.75) is 50.6 Å². The summed E-state index contributed by atoms with van der Waals surface area (Å²) >= 11 is 0. The van der Waals surface area contributed by atoms with Gasteiger partial charge in [-0.1, -0.05) is 24.3 Å². The van der Waals surface area contributed by atoms with Crippen molar-refractivity contribution in [2.75, 3.05) is 18.0 Å². The first-order valence-corrected chi connectivity index (χ1v) is 12.1. The van der Waals surface area contributed by atoms with Gasteiger partial charge in [0, 0.05) is 44.7 Å². The lowest BCUT2D eigenvalue weighted by molar-refractivity contribution is -0.128. The van der Waals surface area contributed by atoms with Crippen LogP contribution >= 0.6 is 0 Å². The maximum atomic E-state index is 12.8. The second kappa shape index (κ2) is 8.80. The number of hydrogen-bond donors (Lipinski definition) is 1. The van der Waals surface area contributed by atoms with E-state index in [1.807, 2.05) is 36.1 Å². The van der Waals surface area contributed by atoms with Crippen molar-refractivity contribution in [1.82, 2.24) is 9.62 Å². The maximum Gasteiger partial charge on any atom is 0.240 e. The largest absolute Gasteiger partial charge is 0.338 e. The van der Waals surface area contributed by atoms with E-state index in [1.165, 1.54) is 0 Å². The fraction of sp³-hybridized carbons (Fsp3) is 0.391. The smallest absolute Gasteiger partial charge is 0.240 e. The van der Waals surface area contributed by atoms with Crippen LogP contribution in [0, 0.1) is 6.92 Å². The van der Waals surface area contributed by atoms with E-state index < -0.39 is 10.0 Å². The Morgan fingerprint density at radius 2 is 1.58 bits per heavy atom. The van der Waals surface area contributed by atoms with Gasteiger partial charge in [0.25, 0.3) is 0 Å². The predicted octanol–water partition coefficient (Wildman–Crippen LogP) is 2.72. The fourth-order valence-corrected chi connectivity index (χ4v) is 5.22. The van der Waals surface area contributed by atoms with Crippen LogP contribution in [0.3, 0.4) is 0 Å². The summed E-state index contributed by atoms with van der Waals surface area (Å²) in [6.07, 6.45) is 2.89. The normalized spacial score (nSPS) is 17.1. The molecule has 0 aliphatic carbocycles. The van der Waals surface area contributed by atoms with Gasteiger partial charge in [-0.2, -0.15) is 0 Å². The Morgan fingerprint density at radius 3 is 2.19 bits per heavy atom. The van der Waals surface area contributed by atoms with Crippen LogP contribution in [0.2, 0.25) is 0 Å². The monoisotopic (exact) mass is 441 g/mol. The molecule has 0 spiro atoms. The second-order valence-electron chi connectivity index (χ2n) is 8.16. The Morgan fingerprint density at radius 1 is 0.903 bits per heavy atom. The molecule has 1 N–H and O–H groups in total. The summed E-state index contributed by atoms with van der Waals surface area (Å²) in [5.41, 5.74) is 3.41. The van der Waals surface area contributed by atoms with Crippen LogP contribution in [0.5, 0.6) is 0 Å². The highest BCUT2D eigenvalue weighted by molar-refractivity contribution is 7.89. The van der Waals surface area contributed by atoms with E-state index in [-0.39, 0.29) is 23.3 Å². The van der Waals surface area contributed by atoms with Crippen molar-refractivity contribution < 1.29 is 18.0 Å². The number of carbonyl (C=O) groups excluding carboxylic acids is 2. The molecule has 0 atom stereocenters. The summed E-state index contributed by atoms with van der Waals surface area (Å²) in [5.74, 6) is 0.265. The number of hydrogen-bond acceptors (Lipinski definition) is 4. The number of amides is 2. The Labute approximate surface area is 183 Å². The number of nitrogens with zero attached hydrogens (tertiary/aromatic N) is 2. The van der Waals surface area contributed by atoms with Crippen molar-refractivity contribution in [3.63, 3.8) is 0 Å².